The molecule has 0 amide bonds. The third-order valence-electron chi connectivity index (χ3n) is 5.17. The molecule has 5 rings (SSSR count). The van der Waals surface area contributed by atoms with Crippen LogP contribution in [0.1, 0.15) is 19.4 Å². The average molecular weight is 408 g/mol. The number of rotatable bonds is 3. The summed E-state index contributed by atoms with van der Waals surface area (Å²) < 4.78 is 34.2. The summed E-state index contributed by atoms with van der Waals surface area (Å²) in [5.41, 5.74) is 0.869. The van der Waals surface area contributed by atoms with Gasteiger partial charge in [-0.15, -0.1) is 0 Å². The molecule has 0 bridgehead atoms. The highest BCUT2D eigenvalue weighted by Gasteiger charge is 2.30. The van der Waals surface area contributed by atoms with Gasteiger partial charge in [0, 0.05) is 5.56 Å². The van der Waals surface area contributed by atoms with Crippen LogP contribution in [0.3, 0.4) is 0 Å². The SMILES string of the molecule is COc1cc2c(=O)c(OC)c(-c3ccc4c(c3)OCO4)oc2c2c1OC(C)(C)C=C2. The first-order valence-electron chi connectivity index (χ1n) is 9.46. The first-order chi connectivity index (χ1) is 14.4. The normalized spacial score (nSPS) is 15.6. The van der Waals surface area contributed by atoms with Crippen LogP contribution in [0.5, 0.6) is 28.7 Å². The molecule has 0 fully saturated rings. The zero-order valence-corrected chi connectivity index (χ0v) is 17.0. The highest BCUT2D eigenvalue weighted by Crippen LogP contribution is 2.45. The second-order valence-electron chi connectivity index (χ2n) is 7.60. The monoisotopic (exact) mass is 408 g/mol. The maximum absolute atomic E-state index is 13.3. The molecule has 0 spiro atoms. The minimum absolute atomic E-state index is 0.101. The summed E-state index contributed by atoms with van der Waals surface area (Å²) in [4.78, 5) is 13.3. The van der Waals surface area contributed by atoms with Crippen LogP contribution in [-0.4, -0.2) is 26.6 Å². The van der Waals surface area contributed by atoms with Gasteiger partial charge < -0.3 is 28.1 Å². The van der Waals surface area contributed by atoms with Crippen molar-refractivity contribution in [2.24, 2.45) is 0 Å². The highest BCUT2D eigenvalue weighted by atomic mass is 16.7. The molecule has 154 valence electrons. The van der Waals surface area contributed by atoms with E-state index in [-0.39, 0.29) is 18.0 Å². The summed E-state index contributed by atoms with van der Waals surface area (Å²) in [7, 11) is 2.98. The summed E-state index contributed by atoms with van der Waals surface area (Å²) in [5.74, 6) is 2.62. The van der Waals surface area contributed by atoms with E-state index in [2.05, 4.69) is 0 Å². The lowest BCUT2D eigenvalue weighted by Crippen LogP contribution is -2.28. The Labute approximate surface area is 172 Å². The molecule has 0 aliphatic carbocycles. The van der Waals surface area contributed by atoms with Crippen LogP contribution in [0, 0.1) is 0 Å². The molecule has 0 unspecified atom stereocenters. The predicted molar refractivity (Wildman–Crippen MR) is 111 cm³/mol. The molecule has 1 aromatic heterocycles. The van der Waals surface area contributed by atoms with E-state index in [0.29, 0.717) is 50.9 Å². The van der Waals surface area contributed by atoms with E-state index in [1.165, 1.54) is 14.2 Å². The topological polar surface area (TPSA) is 76.4 Å². The summed E-state index contributed by atoms with van der Waals surface area (Å²) in [6.07, 6.45) is 3.81. The molecule has 0 N–H and O–H groups in total. The Bertz CT molecular complexity index is 1270. The first kappa shape index (κ1) is 18.4. The molecule has 30 heavy (non-hydrogen) atoms. The molecule has 7 nitrogen and oxygen atoms in total. The van der Waals surface area contributed by atoms with E-state index in [0.717, 1.165) is 0 Å². The molecule has 0 radical (unpaired) electrons. The maximum Gasteiger partial charge on any atom is 0.235 e. The molecule has 0 atom stereocenters. The molecular weight excluding hydrogens is 388 g/mol. The summed E-state index contributed by atoms with van der Waals surface area (Å²) in [5, 5.41) is 0.347. The van der Waals surface area contributed by atoms with Gasteiger partial charge in [-0.3, -0.25) is 4.79 Å². The quantitative estimate of drug-likeness (QED) is 0.636. The molecule has 3 heterocycles. The van der Waals surface area contributed by atoms with E-state index in [9.17, 15) is 4.79 Å². The number of fused-ring (bicyclic) bond motifs is 4. The third-order valence-corrected chi connectivity index (χ3v) is 5.17. The van der Waals surface area contributed by atoms with Crippen molar-refractivity contribution in [3.8, 4) is 40.1 Å². The smallest absolute Gasteiger partial charge is 0.235 e. The van der Waals surface area contributed by atoms with Gasteiger partial charge >= 0.3 is 0 Å². The van der Waals surface area contributed by atoms with Gasteiger partial charge in [-0.1, -0.05) is 0 Å². The van der Waals surface area contributed by atoms with Crippen LogP contribution >= 0.6 is 0 Å². The molecular formula is C23H20O7. The van der Waals surface area contributed by atoms with Gasteiger partial charge in [-0.25, -0.2) is 0 Å². The van der Waals surface area contributed by atoms with Crippen LogP contribution in [0.2, 0.25) is 0 Å². The Morgan fingerprint density at radius 1 is 1.03 bits per heavy atom. The van der Waals surface area contributed by atoms with Gasteiger partial charge in [0.15, 0.2) is 28.8 Å². The van der Waals surface area contributed by atoms with Crippen LogP contribution in [0.15, 0.2) is 39.6 Å². The van der Waals surface area contributed by atoms with Gasteiger partial charge in [0.1, 0.15) is 11.2 Å². The fraction of sp³-hybridized carbons (Fsp3) is 0.261. The summed E-state index contributed by atoms with van der Waals surface area (Å²) in [6, 6.07) is 6.96. The standard InChI is InChI=1S/C23H20O7/c1-23(2)8-7-13-20-14(10-17(25-3)21(13)30-23)18(24)22(26-4)19(29-20)12-5-6-15-16(9-12)28-11-27-15/h5-10H,11H2,1-4H3. The van der Waals surface area contributed by atoms with Crippen LogP contribution in [0.4, 0.5) is 0 Å². The molecule has 2 aromatic carbocycles. The lowest BCUT2D eigenvalue weighted by Gasteiger charge is -2.29. The van der Waals surface area contributed by atoms with Gasteiger partial charge in [0.25, 0.3) is 0 Å². The highest BCUT2D eigenvalue weighted by molar-refractivity contribution is 5.93. The van der Waals surface area contributed by atoms with Crippen molar-refractivity contribution in [1.29, 1.82) is 0 Å². The van der Waals surface area contributed by atoms with Gasteiger partial charge in [0.05, 0.1) is 25.2 Å². The van der Waals surface area contributed by atoms with E-state index in [1.807, 2.05) is 26.0 Å². The van der Waals surface area contributed by atoms with E-state index in [1.54, 1.807) is 24.3 Å². The lowest BCUT2D eigenvalue weighted by atomic mass is 9.99. The summed E-state index contributed by atoms with van der Waals surface area (Å²) >= 11 is 0. The van der Waals surface area contributed by atoms with E-state index < -0.39 is 5.60 Å². The second kappa shape index (κ2) is 6.45. The Hall–Kier alpha value is -3.61. The van der Waals surface area contributed by atoms with Crippen molar-refractivity contribution >= 4 is 17.0 Å². The predicted octanol–water partition coefficient (Wildman–Crippen LogP) is 4.39. The molecule has 0 saturated carbocycles. The van der Waals surface area contributed by atoms with Crippen LogP contribution < -0.4 is 29.1 Å². The molecule has 2 aliphatic heterocycles. The van der Waals surface area contributed by atoms with Crippen molar-refractivity contribution in [2.45, 2.75) is 19.4 Å². The lowest BCUT2D eigenvalue weighted by molar-refractivity contribution is 0.152. The fourth-order valence-corrected chi connectivity index (χ4v) is 3.70. The Balaban J connectivity index is 1.82. The zero-order valence-electron chi connectivity index (χ0n) is 17.0. The number of methoxy groups -OCH3 is 2. The van der Waals surface area contributed by atoms with Gasteiger partial charge in [-0.2, -0.15) is 0 Å². The molecule has 2 aliphatic rings. The Morgan fingerprint density at radius 3 is 2.60 bits per heavy atom. The van der Waals surface area contributed by atoms with Crippen molar-refractivity contribution in [3.05, 3.63) is 46.1 Å². The molecule has 0 saturated heterocycles. The number of hydrogen-bond donors (Lipinski definition) is 0. The third kappa shape index (κ3) is 2.69. The van der Waals surface area contributed by atoms with Crippen molar-refractivity contribution in [2.75, 3.05) is 21.0 Å². The average Bonchev–Trinajstić information content (AvgIpc) is 3.20. The Kier molecular flexibility index (Phi) is 3.96. The first-order valence-corrected chi connectivity index (χ1v) is 9.46. The van der Waals surface area contributed by atoms with Crippen molar-refractivity contribution in [1.82, 2.24) is 0 Å². The van der Waals surface area contributed by atoms with Gasteiger partial charge in [-0.05, 0) is 50.3 Å². The van der Waals surface area contributed by atoms with Crippen molar-refractivity contribution in [3.63, 3.8) is 0 Å². The second-order valence-corrected chi connectivity index (χ2v) is 7.60. The molecule has 3 aromatic rings. The number of ether oxygens (including phenoxy) is 5. The Morgan fingerprint density at radius 2 is 1.83 bits per heavy atom. The number of benzene rings is 2. The van der Waals surface area contributed by atoms with E-state index >= 15 is 0 Å². The van der Waals surface area contributed by atoms with Gasteiger partial charge in [0.2, 0.25) is 18.0 Å². The minimum atomic E-state index is -0.513. The van der Waals surface area contributed by atoms with Crippen molar-refractivity contribution < 1.29 is 28.1 Å². The number of hydrogen-bond acceptors (Lipinski definition) is 7. The summed E-state index contributed by atoms with van der Waals surface area (Å²) in [6.45, 7) is 4.04. The minimum Gasteiger partial charge on any atom is -0.493 e. The molecule has 7 heteroatoms. The van der Waals surface area contributed by atoms with Crippen LogP contribution in [-0.2, 0) is 0 Å². The van der Waals surface area contributed by atoms with E-state index in [4.69, 9.17) is 28.1 Å². The zero-order chi connectivity index (χ0) is 21.0. The van der Waals surface area contributed by atoms with Crippen LogP contribution in [0.25, 0.3) is 28.4 Å². The largest absolute Gasteiger partial charge is 0.493 e. The fourth-order valence-electron chi connectivity index (χ4n) is 3.70. The maximum atomic E-state index is 13.3.